The topological polar surface area (TPSA) is 101 Å². The fraction of sp³-hybridized carbons (Fsp3) is 0.100. The number of aryl methyl sites for hydroxylation is 1. The van der Waals surface area contributed by atoms with Gasteiger partial charge in [-0.15, -0.1) is 10.2 Å². The predicted molar refractivity (Wildman–Crippen MR) is 76.9 cm³/mol. The molecule has 0 radical (unpaired) electrons. The Morgan fingerprint density at radius 3 is 2.89 bits per heavy atom. The third-order valence-corrected chi connectivity index (χ3v) is 3.11. The van der Waals surface area contributed by atoms with Crippen molar-refractivity contribution >= 4 is 39.7 Å². The molecule has 0 aliphatic rings. The first-order valence-corrected chi connectivity index (χ1v) is 6.30. The molecule has 0 aliphatic carbocycles. The fourth-order valence-corrected chi connectivity index (χ4v) is 2.12. The van der Waals surface area contributed by atoms with Gasteiger partial charge in [0.2, 0.25) is 0 Å². The molecule has 4 N–H and O–H groups in total. The van der Waals surface area contributed by atoms with Crippen LogP contribution >= 0.6 is 27.5 Å². The number of nitrogens with zero attached hydrogens (tertiary/aromatic N) is 4. The Morgan fingerprint density at radius 1 is 1.53 bits per heavy atom. The molecule has 0 fully saturated rings. The van der Waals surface area contributed by atoms with E-state index in [4.69, 9.17) is 17.4 Å². The van der Waals surface area contributed by atoms with E-state index in [9.17, 15) is 5.11 Å². The number of aromatic nitrogens is 3. The largest absolute Gasteiger partial charge is 0.506 e. The maximum atomic E-state index is 9.80. The molecule has 0 saturated carbocycles. The van der Waals surface area contributed by atoms with E-state index in [0.717, 1.165) is 0 Å². The molecule has 1 heterocycles. The first-order chi connectivity index (χ1) is 8.99. The minimum absolute atomic E-state index is 0.0420. The maximum Gasteiger partial charge on any atom is 0.263 e. The van der Waals surface area contributed by atoms with Crippen LogP contribution in [-0.4, -0.2) is 26.2 Å². The zero-order valence-electron chi connectivity index (χ0n) is 9.80. The van der Waals surface area contributed by atoms with Crippen molar-refractivity contribution in [2.75, 3.05) is 11.3 Å². The van der Waals surface area contributed by atoms with Gasteiger partial charge < -0.3 is 10.9 Å². The summed E-state index contributed by atoms with van der Waals surface area (Å²) in [5.41, 5.74) is 3.06. The van der Waals surface area contributed by atoms with Gasteiger partial charge in [-0.1, -0.05) is 11.6 Å². The van der Waals surface area contributed by atoms with Crippen LogP contribution in [0.25, 0.3) is 0 Å². The second-order valence-corrected chi connectivity index (χ2v) is 4.93. The average molecular weight is 346 g/mol. The van der Waals surface area contributed by atoms with Crippen LogP contribution < -0.4 is 11.3 Å². The molecular formula is C10H10BrClN6O. The lowest BCUT2D eigenvalue weighted by atomic mass is 10.2. The molecule has 7 nitrogen and oxygen atoms in total. The van der Waals surface area contributed by atoms with Gasteiger partial charge in [0.15, 0.2) is 5.82 Å². The van der Waals surface area contributed by atoms with Crippen molar-refractivity contribution in [3.8, 4) is 5.75 Å². The summed E-state index contributed by atoms with van der Waals surface area (Å²) >= 11 is 9.06. The van der Waals surface area contributed by atoms with Gasteiger partial charge in [0.05, 0.1) is 10.7 Å². The minimum atomic E-state index is 0.0420. The van der Waals surface area contributed by atoms with Crippen molar-refractivity contribution in [2.45, 2.75) is 6.92 Å². The molecule has 0 bridgehead atoms. The summed E-state index contributed by atoms with van der Waals surface area (Å²) in [6, 6.07) is 3.16. The number of hydrogen-bond donors (Lipinski definition) is 3. The number of benzene rings is 1. The third-order valence-electron chi connectivity index (χ3n) is 2.29. The van der Waals surface area contributed by atoms with Crippen molar-refractivity contribution in [2.24, 2.45) is 5.10 Å². The van der Waals surface area contributed by atoms with Crippen LogP contribution in [0.4, 0.5) is 5.95 Å². The van der Waals surface area contributed by atoms with Gasteiger partial charge in [-0.3, -0.25) is 0 Å². The molecular weight excluding hydrogens is 336 g/mol. The highest BCUT2D eigenvalue weighted by molar-refractivity contribution is 9.10. The van der Waals surface area contributed by atoms with E-state index in [0.29, 0.717) is 20.9 Å². The Morgan fingerprint density at radius 2 is 2.26 bits per heavy atom. The summed E-state index contributed by atoms with van der Waals surface area (Å²) in [5.74, 6) is 6.51. The van der Waals surface area contributed by atoms with Gasteiger partial charge >= 0.3 is 0 Å². The van der Waals surface area contributed by atoms with Crippen LogP contribution in [0.2, 0.25) is 5.02 Å². The monoisotopic (exact) mass is 344 g/mol. The van der Waals surface area contributed by atoms with Crippen LogP contribution in [0, 0.1) is 6.92 Å². The Balaban J connectivity index is 2.18. The van der Waals surface area contributed by atoms with Gasteiger partial charge in [-0.25, -0.2) is 10.1 Å². The summed E-state index contributed by atoms with van der Waals surface area (Å²) in [5, 5.41) is 21.7. The van der Waals surface area contributed by atoms with Gasteiger partial charge in [0, 0.05) is 10.6 Å². The third kappa shape index (κ3) is 2.96. The van der Waals surface area contributed by atoms with E-state index < -0.39 is 0 Å². The van der Waals surface area contributed by atoms with Crippen molar-refractivity contribution < 1.29 is 5.11 Å². The Labute approximate surface area is 122 Å². The lowest BCUT2D eigenvalue weighted by Gasteiger charge is -2.03. The van der Waals surface area contributed by atoms with E-state index >= 15 is 0 Å². The summed E-state index contributed by atoms with van der Waals surface area (Å²) in [7, 11) is 0. The lowest BCUT2D eigenvalue weighted by Crippen LogP contribution is -2.13. The van der Waals surface area contributed by atoms with Crippen LogP contribution in [0.3, 0.4) is 0 Å². The molecule has 0 saturated heterocycles. The zero-order valence-corrected chi connectivity index (χ0v) is 12.1. The molecule has 2 rings (SSSR count). The number of hydrazone groups is 1. The molecule has 2 aromatic rings. The van der Waals surface area contributed by atoms with E-state index in [2.05, 4.69) is 36.7 Å². The lowest BCUT2D eigenvalue weighted by molar-refractivity contribution is 0.471. The summed E-state index contributed by atoms with van der Waals surface area (Å²) in [6.07, 6.45) is 1.40. The maximum absolute atomic E-state index is 9.80. The van der Waals surface area contributed by atoms with Crippen LogP contribution in [-0.2, 0) is 0 Å². The quantitative estimate of drug-likeness (QED) is 0.448. The first-order valence-electron chi connectivity index (χ1n) is 5.13. The number of rotatable bonds is 3. The Kier molecular flexibility index (Phi) is 3.91. The standard InChI is InChI=1S/C10H10BrClN6O/c1-5-15-17-10(18(5)13)16-14-4-6-2-7(12)3-8(11)9(6)19/h2-4,19H,13H2,1H3,(H,16,17)/b14-4-. The van der Waals surface area contributed by atoms with Crippen molar-refractivity contribution in [1.82, 2.24) is 14.9 Å². The molecule has 0 atom stereocenters. The second-order valence-electron chi connectivity index (χ2n) is 3.64. The summed E-state index contributed by atoms with van der Waals surface area (Å²) < 4.78 is 1.74. The number of hydrogen-bond acceptors (Lipinski definition) is 6. The molecule has 100 valence electrons. The van der Waals surface area contributed by atoms with Crippen LogP contribution in [0.5, 0.6) is 5.75 Å². The number of nitrogen functional groups attached to an aromatic ring is 1. The highest BCUT2D eigenvalue weighted by Crippen LogP contribution is 2.30. The van der Waals surface area contributed by atoms with Crippen molar-refractivity contribution in [1.29, 1.82) is 0 Å². The number of aromatic hydroxyl groups is 1. The molecule has 19 heavy (non-hydrogen) atoms. The molecule has 0 spiro atoms. The van der Waals surface area contributed by atoms with Gasteiger partial charge in [0.1, 0.15) is 5.75 Å². The smallest absolute Gasteiger partial charge is 0.263 e. The highest BCUT2D eigenvalue weighted by Gasteiger charge is 2.06. The minimum Gasteiger partial charge on any atom is -0.506 e. The van der Waals surface area contributed by atoms with Gasteiger partial charge in [-0.2, -0.15) is 5.10 Å². The van der Waals surface area contributed by atoms with E-state index in [1.807, 2.05) is 0 Å². The highest BCUT2D eigenvalue weighted by atomic mass is 79.9. The predicted octanol–water partition coefficient (Wildman–Crippen LogP) is 1.87. The molecule has 1 aromatic carbocycles. The second kappa shape index (κ2) is 5.45. The molecule has 0 amide bonds. The molecule has 0 unspecified atom stereocenters. The summed E-state index contributed by atoms with van der Waals surface area (Å²) in [4.78, 5) is 0. The van der Waals surface area contributed by atoms with E-state index in [-0.39, 0.29) is 11.7 Å². The van der Waals surface area contributed by atoms with Crippen molar-refractivity contribution in [3.05, 3.63) is 33.0 Å². The summed E-state index contributed by atoms with van der Waals surface area (Å²) in [6.45, 7) is 1.71. The Bertz CT molecular complexity index is 641. The van der Waals surface area contributed by atoms with E-state index in [1.54, 1.807) is 19.1 Å². The van der Waals surface area contributed by atoms with Gasteiger partial charge in [0.25, 0.3) is 5.95 Å². The van der Waals surface area contributed by atoms with Crippen molar-refractivity contribution in [3.63, 3.8) is 0 Å². The first kappa shape index (κ1) is 13.6. The molecule has 9 heteroatoms. The zero-order chi connectivity index (χ0) is 14.0. The number of nitrogens with two attached hydrogens (primary N) is 1. The van der Waals surface area contributed by atoms with Gasteiger partial charge in [-0.05, 0) is 35.0 Å². The molecule has 1 aromatic heterocycles. The van der Waals surface area contributed by atoms with Crippen LogP contribution in [0.1, 0.15) is 11.4 Å². The normalized spacial score (nSPS) is 11.1. The number of nitrogens with one attached hydrogen (secondary N) is 1. The number of anilines is 1. The number of halogens is 2. The van der Waals surface area contributed by atoms with Crippen LogP contribution in [0.15, 0.2) is 21.7 Å². The Hall–Kier alpha value is -1.80. The SMILES string of the molecule is Cc1nnc(N/N=C\c2cc(Cl)cc(Br)c2O)n1N. The van der Waals surface area contributed by atoms with E-state index in [1.165, 1.54) is 10.9 Å². The fourth-order valence-electron chi connectivity index (χ4n) is 1.29. The number of phenols is 1. The number of phenolic OH excluding ortho intramolecular Hbond substituents is 1. The molecule has 0 aliphatic heterocycles. The average Bonchev–Trinajstić information content (AvgIpc) is 2.67.